The zero-order chi connectivity index (χ0) is 16.6. The van der Waals surface area contributed by atoms with E-state index in [9.17, 15) is 0 Å². The minimum Gasteiger partial charge on any atom is -0.483 e. The van der Waals surface area contributed by atoms with Gasteiger partial charge < -0.3 is 10.1 Å². The van der Waals surface area contributed by atoms with E-state index in [1.54, 1.807) is 0 Å². The van der Waals surface area contributed by atoms with E-state index in [1.165, 1.54) is 63.0 Å². The predicted octanol–water partition coefficient (Wildman–Crippen LogP) is 4.68. The molecule has 1 aromatic rings. The molecule has 0 aromatic heterocycles. The molecule has 1 spiro atoms. The lowest BCUT2D eigenvalue weighted by Crippen LogP contribution is -2.45. The second-order valence-electron chi connectivity index (χ2n) is 8.40. The molecule has 2 fully saturated rings. The average Bonchev–Trinajstić information content (AvgIpc) is 2.58. The number of likely N-dealkylation sites (tertiary alicyclic amines) is 1. The minimum atomic E-state index is -0.204. The molecule has 3 aliphatic rings. The first-order chi connectivity index (χ1) is 11.6. The second-order valence-corrected chi connectivity index (χ2v) is 8.40. The van der Waals surface area contributed by atoms with Gasteiger partial charge in [0.15, 0.2) is 0 Å². The number of rotatable bonds is 2. The maximum Gasteiger partial charge on any atom is 0.132 e. The molecule has 146 valence electrons. The molecule has 0 bridgehead atoms. The van der Waals surface area contributed by atoms with Gasteiger partial charge in [-0.2, -0.15) is 0 Å². The number of hydrogen-bond acceptors (Lipinski definition) is 3. The first-order valence-electron chi connectivity index (χ1n) is 9.49. The highest BCUT2D eigenvalue weighted by Gasteiger charge is 2.35. The molecule has 1 N–H and O–H groups in total. The summed E-state index contributed by atoms with van der Waals surface area (Å²) in [6.07, 6.45) is 9.81. The summed E-state index contributed by atoms with van der Waals surface area (Å²) in [5.74, 6) is 1.09. The van der Waals surface area contributed by atoms with Gasteiger partial charge in [-0.3, -0.25) is 4.90 Å². The molecule has 3 aliphatic heterocycles. The van der Waals surface area contributed by atoms with Gasteiger partial charge in [-0.15, -0.1) is 24.8 Å². The largest absolute Gasteiger partial charge is 0.483 e. The van der Waals surface area contributed by atoms with Crippen molar-refractivity contribution in [2.24, 2.45) is 5.41 Å². The Morgan fingerprint density at radius 3 is 2.42 bits per heavy atom. The van der Waals surface area contributed by atoms with Crippen LogP contribution in [0.25, 0.3) is 6.08 Å². The number of fused-ring (bicyclic) bond motifs is 1. The van der Waals surface area contributed by atoms with Crippen molar-refractivity contribution < 1.29 is 4.74 Å². The lowest BCUT2D eigenvalue weighted by molar-refractivity contribution is 0.0688. The van der Waals surface area contributed by atoms with Crippen molar-refractivity contribution in [3.8, 4) is 5.75 Å². The van der Waals surface area contributed by atoms with Crippen LogP contribution in [0.1, 0.15) is 50.7 Å². The van der Waals surface area contributed by atoms with Gasteiger partial charge in [-0.05, 0) is 77.2 Å². The molecule has 0 aliphatic carbocycles. The number of para-hydroxylation sites is 1. The average molecular weight is 399 g/mol. The second kappa shape index (κ2) is 8.52. The number of nitrogens with one attached hydrogen (secondary N) is 1. The molecule has 0 amide bonds. The van der Waals surface area contributed by atoms with Gasteiger partial charge in [-0.1, -0.05) is 24.3 Å². The summed E-state index contributed by atoms with van der Waals surface area (Å²) in [6.45, 7) is 10.1. The van der Waals surface area contributed by atoms with Crippen molar-refractivity contribution in [3.05, 3.63) is 35.4 Å². The summed E-state index contributed by atoms with van der Waals surface area (Å²) in [5, 5.41) is 3.51. The smallest absolute Gasteiger partial charge is 0.132 e. The molecule has 1 aromatic carbocycles. The Bertz CT molecular complexity index is 629. The SMILES string of the molecule is CC1(C)C=Cc2cccc(CN3CCC4(CCNCC4)CC3)c2O1.Cl.Cl. The number of benzene rings is 1. The first kappa shape index (κ1) is 21.6. The summed E-state index contributed by atoms with van der Waals surface area (Å²) in [4.78, 5) is 2.62. The lowest BCUT2D eigenvalue weighted by Gasteiger charge is -2.44. The fourth-order valence-corrected chi connectivity index (χ4v) is 4.46. The van der Waals surface area contributed by atoms with Crippen molar-refractivity contribution in [2.75, 3.05) is 26.2 Å². The van der Waals surface area contributed by atoms with E-state index >= 15 is 0 Å². The summed E-state index contributed by atoms with van der Waals surface area (Å²) < 4.78 is 6.28. The number of ether oxygens (including phenoxy) is 1. The summed E-state index contributed by atoms with van der Waals surface area (Å²) in [5.41, 5.74) is 2.98. The van der Waals surface area contributed by atoms with Crippen LogP contribution < -0.4 is 10.1 Å². The van der Waals surface area contributed by atoms with Gasteiger partial charge in [0.1, 0.15) is 11.4 Å². The third-order valence-corrected chi connectivity index (χ3v) is 6.13. The quantitative estimate of drug-likeness (QED) is 0.782. The fourth-order valence-electron chi connectivity index (χ4n) is 4.46. The van der Waals surface area contributed by atoms with Crippen LogP contribution in [0.2, 0.25) is 0 Å². The van der Waals surface area contributed by atoms with Crippen LogP contribution in [0.4, 0.5) is 0 Å². The molecular weight excluding hydrogens is 367 g/mol. The molecule has 3 heterocycles. The lowest BCUT2D eigenvalue weighted by atomic mass is 9.71. The van der Waals surface area contributed by atoms with Crippen LogP contribution >= 0.6 is 24.8 Å². The molecule has 26 heavy (non-hydrogen) atoms. The standard InChI is InChI=1S/C21H30N2O.2ClH/c1-20(2)7-6-17-4-3-5-18(19(17)24-20)16-23-14-10-21(11-15-23)8-12-22-13-9-21;;/h3-7,22H,8-16H2,1-2H3;2*1H. The molecule has 0 saturated carbocycles. The van der Waals surface area contributed by atoms with E-state index in [1.807, 2.05) is 0 Å². The third-order valence-electron chi connectivity index (χ3n) is 6.13. The predicted molar refractivity (Wildman–Crippen MR) is 114 cm³/mol. The van der Waals surface area contributed by atoms with Gasteiger partial charge in [0.25, 0.3) is 0 Å². The summed E-state index contributed by atoms with van der Waals surface area (Å²) >= 11 is 0. The molecule has 5 heteroatoms. The highest BCUT2D eigenvalue weighted by Crippen LogP contribution is 2.40. The van der Waals surface area contributed by atoms with E-state index < -0.39 is 0 Å². The van der Waals surface area contributed by atoms with Crippen molar-refractivity contribution in [1.82, 2.24) is 10.2 Å². The van der Waals surface area contributed by atoms with E-state index in [2.05, 4.69) is 54.4 Å². The normalized spacial score (nSPS) is 23.3. The molecular formula is C21H32Cl2N2O. The minimum absolute atomic E-state index is 0. The summed E-state index contributed by atoms with van der Waals surface area (Å²) in [7, 11) is 0. The van der Waals surface area contributed by atoms with E-state index in [0.717, 1.165) is 12.3 Å². The van der Waals surface area contributed by atoms with E-state index in [-0.39, 0.29) is 30.4 Å². The van der Waals surface area contributed by atoms with Crippen molar-refractivity contribution >= 4 is 30.9 Å². The molecule has 0 unspecified atom stereocenters. The number of hydrogen-bond donors (Lipinski definition) is 1. The summed E-state index contributed by atoms with van der Waals surface area (Å²) in [6, 6.07) is 6.56. The van der Waals surface area contributed by atoms with E-state index in [0.29, 0.717) is 5.41 Å². The van der Waals surface area contributed by atoms with Crippen LogP contribution in [-0.4, -0.2) is 36.7 Å². The monoisotopic (exact) mass is 398 g/mol. The topological polar surface area (TPSA) is 24.5 Å². The van der Waals surface area contributed by atoms with Crippen molar-refractivity contribution in [2.45, 2.75) is 51.7 Å². The van der Waals surface area contributed by atoms with Crippen LogP contribution in [0.3, 0.4) is 0 Å². The highest BCUT2D eigenvalue weighted by molar-refractivity contribution is 5.85. The van der Waals surface area contributed by atoms with Crippen LogP contribution in [0, 0.1) is 5.41 Å². The molecule has 0 radical (unpaired) electrons. The van der Waals surface area contributed by atoms with Crippen LogP contribution in [0.5, 0.6) is 5.75 Å². The Morgan fingerprint density at radius 1 is 1.04 bits per heavy atom. The maximum atomic E-state index is 6.28. The third kappa shape index (κ3) is 4.56. The number of nitrogens with zero attached hydrogens (tertiary/aromatic N) is 1. The molecule has 0 atom stereocenters. The Labute approximate surface area is 170 Å². The zero-order valence-corrected chi connectivity index (χ0v) is 17.6. The molecule has 4 rings (SSSR count). The van der Waals surface area contributed by atoms with Crippen molar-refractivity contribution in [3.63, 3.8) is 0 Å². The van der Waals surface area contributed by atoms with Crippen LogP contribution in [0.15, 0.2) is 24.3 Å². The highest BCUT2D eigenvalue weighted by atomic mass is 35.5. The maximum absolute atomic E-state index is 6.28. The Hall–Kier alpha value is -0.740. The van der Waals surface area contributed by atoms with E-state index in [4.69, 9.17) is 4.74 Å². The van der Waals surface area contributed by atoms with Gasteiger partial charge >= 0.3 is 0 Å². The Kier molecular flexibility index (Phi) is 7.06. The van der Waals surface area contributed by atoms with Crippen molar-refractivity contribution in [1.29, 1.82) is 0 Å². The first-order valence-corrected chi connectivity index (χ1v) is 9.49. The Morgan fingerprint density at radius 2 is 1.73 bits per heavy atom. The fraction of sp³-hybridized carbons (Fsp3) is 0.619. The van der Waals surface area contributed by atoms with Gasteiger partial charge in [0, 0.05) is 17.7 Å². The van der Waals surface area contributed by atoms with Crippen LogP contribution in [-0.2, 0) is 6.54 Å². The van der Waals surface area contributed by atoms with Gasteiger partial charge in [0.05, 0.1) is 0 Å². The number of halogens is 2. The van der Waals surface area contributed by atoms with Gasteiger partial charge in [0.2, 0.25) is 0 Å². The van der Waals surface area contributed by atoms with Gasteiger partial charge in [-0.25, -0.2) is 0 Å². The Balaban J connectivity index is 0.00000121. The zero-order valence-electron chi connectivity index (χ0n) is 15.9. The number of piperidine rings is 2. The molecule has 2 saturated heterocycles. The molecule has 3 nitrogen and oxygen atoms in total.